The smallest absolute Gasteiger partial charge is 0.303 e. The molecule has 146 valence electrons. The molecule has 0 atom stereocenters. The van der Waals surface area contributed by atoms with Crippen molar-refractivity contribution in [2.45, 2.75) is 83.5 Å². The fraction of sp³-hybridized carbons (Fsp3) is 0.900. The minimum atomic E-state index is -0.707. The highest BCUT2D eigenvalue weighted by molar-refractivity contribution is 5.75. The lowest BCUT2D eigenvalue weighted by Gasteiger charge is -2.26. The van der Waals surface area contributed by atoms with Gasteiger partial charge in [-0.1, -0.05) is 32.1 Å². The molecule has 0 saturated carbocycles. The van der Waals surface area contributed by atoms with Crippen molar-refractivity contribution < 1.29 is 14.7 Å². The lowest BCUT2D eigenvalue weighted by molar-refractivity contribution is -0.137. The van der Waals surface area contributed by atoms with Gasteiger partial charge in [0.15, 0.2) is 0 Å². The summed E-state index contributed by atoms with van der Waals surface area (Å²) in [6.45, 7) is 4.55. The number of nitrogens with zero attached hydrogens (tertiary/aromatic N) is 2. The summed E-state index contributed by atoms with van der Waals surface area (Å²) >= 11 is 0. The Bertz CT molecular complexity index is 368. The first-order valence-electron chi connectivity index (χ1n) is 10.3. The van der Waals surface area contributed by atoms with Crippen LogP contribution in [0.5, 0.6) is 0 Å². The van der Waals surface area contributed by atoms with Gasteiger partial charge in [-0.3, -0.25) is 9.59 Å². The van der Waals surface area contributed by atoms with E-state index in [1.54, 1.807) is 0 Å². The zero-order valence-electron chi connectivity index (χ0n) is 16.2. The van der Waals surface area contributed by atoms with Gasteiger partial charge in [-0.05, 0) is 58.2 Å². The summed E-state index contributed by atoms with van der Waals surface area (Å²) in [5.74, 6) is -0.440. The van der Waals surface area contributed by atoms with Crippen molar-refractivity contribution in [2.75, 3.05) is 33.2 Å². The topological polar surface area (TPSA) is 60.9 Å². The minimum absolute atomic E-state index is 0.267. The molecule has 1 aliphatic heterocycles. The first-order valence-corrected chi connectivity index (χ1v) is 10.3. The van der Waals surface area contributed by atoms with E-state index in [-0.39, 0.29) is 12.3 Å². The standard InChI is InChI=1S/C20H38N2O3/c1-21(15-9-4-2-3-8-14-20(24)25)19(23)13-7-5-10-16-22-17-11-6-12-18-22/h2-18H2,1H3,(H,24,25). The van der Waals surface area contributed by atoms with Crippen LogP contribution in [-0.2, 0) is 9.59 Å². The third-order valence-corrected chi connectivity index (χ3v) is 5.12. The lowest BCUT2D eigenvalue weighted by atomic mass is 10.1. The predicted octanol–water partition coefficient (Wildman–Crippen LogP) is 3.92. The molecule has 1 fully saturated rings. The first-order chi connectivity index (χ1) is 12.1. The number of unbranched alkanes of at least 4 members (excludes halogenated alkanes) is 6. The van der Waals surface area contributed by atoms with Gasteiger partial charge in [0, 0.05) is 26.4 Å². The van der Waals surface area contributed by atoms with Crippen molar-refractivity contribution in [3.05, 3.63) is 0 Å². The molecule has 0 radical (unpaired) electrons. The summed E-state index contributed by atoms with van der Waals surface area (Å²) in [5, 5.41) is 8.57. The van der Waals surface area contributed by atoms with E-state index in [0.29, 0.717) is 6.42 Å². The molecule has 1 N–H and O–H groups in total. The van der Waals surface area contributed by atoms with Crippen LogP contribution in [0.4, 0.5) is 0 Å². The minimum Gasteiger partial charge on any atom is -0.481 e. The molecule has 5 heteroatoms. The molecule has 1 heterocycles. The van der Waals surface area contributed by atoms with E-state index in [0.717, 1.165) is 51.5 Å². The van der Waals surface area contributed by atoms with Gasteiger partial charge in [-0.25, -0.2) is 0 Å². The lowest BCUT2D eigenvalue weighted by Crippen LogP contribution is -2.30. The maximum Gasteiger partial charge on any atom is 0.303 e. The predicted molar refractivity (Wildman–Crippen MR) is 102 cm³/mol. The molecule has 0 aliphatic carbocycles. The number of piperidine rings is 1. The summed E-state index contributed by atoms with van der Waals surface area (Å²) in [6, 6.07) is 0. The molecule has 0 spiro atoms. The highest BCUT2D eigenvalue weighted by Crippen LogP contribution is 2.11. The number of carbonyl (C=O) groups is 2. The van der Waals surface area contributed by atoms with E-state index < -0.39 is 5.97 Å². The molecule has 1 amide bonds. The van der Waals surface area contributed by atoms with Crippen molar-refractivity contribution >= 4 is 11.9 Å². The van der Waals surface area contributed by atoms with Crippen molar-refractivity contribution in [2.24, 2.45) is 0 Å². The van der Waals surface area contributed by atoms with Gasteiger partial charge < -0.3 is 14.9 Å². The van der Waals surface area contributed by atoms with Crippen LogP contribution in [0.2, 0.25) is 0 Å². The van der Waals surface area contributed by atoms with Crippen LogP contribution in [0, 0.1) is 0 Å². The molecule has 25 heavy (non-hydrogen) atoms. The average molecular weight is 355 g/mol. The summed E-state index contributed by atoms with van der Waals surface area (Å²) in [5.41, 5.74) is 0. The van der Waals surface area contributed by atoms with Crippen LogP contribution in [0.15, 0.2) is 0 Å². The Kier molecular flexibility index (Phi) is 12.4. The fourth-order valence-corrected chi connectivity index (χ4v) is 3.44. The monoisotopic (exact) mass is 354 g/mol. The largest absolute Gasteiger partial charge is 0.481 e. The molecular formula is C20H38N2O3. The third-order valence-electron chi connectivity index (χ3n) is 5.12. The van der Waals surface area contributed by atoms with E-state index >= 15 is 0 Å². The summed E-state index contributed by atoms with van der Waals surface area (Å²) in [6.07, 6.45) is 13.3. The van der Waals surface area contributed by atoms with Crippen LogP contribution in [0.1, 0.15) is 83.5 Å². The normalized spacial score (nSPS) is 15.2. The molecular weight excluding hydrogens is 316 g/mol. The molecule has 1 saturated heterocycles. The van der Waals surface area contributed by atoms with E-state index in [9.17, 15) is 9.59 Å². The van der Waals surface area contributed by atoms with Crippen LogP contribution < -0.4 is 0 Å². The summed E-state index contributed by atoms with van der Waals surface area (Å²) < 4.78 is 0. The molecule has 0 bridgehead atoms. The molecule has 0 aromatic rings. The van der Waals surface area contributed by atoms with Gasteiger partial charge in [0.05, 0.1) is 0 Å². The third kappa shape index (κ3) is 12.0. The summed E-state index contributed by atoms with van der Waals surface area (Å²) in [4.78, 5) is 26.9. The molecule has 0 unspecified atom stereocenters. The second-order valence-corrected chi connectivity index (χ2v) is 7.44. The van der Waals surface area contributed by atoms with E-state index in [2.05, 4.69) is 4.90 Å². The first kappa shape index (κ1) is 21.9. The average Bonchev–Trinajstić information content (AvgIpc) is 2.60. The van der Waals surface area contributed by atoms with Crippen molar-refractivity contribution in [1.82, 2.24) is 9.80 Å². The second kappa shape index (κ2) is 14.1. The zero-order chi connectivity index (χ0) is 18.3. The van der Waals surface area contributed by atoms with Crippen molar-refractivity contribution in [1.29, 1.82) is 0 Å². The van der Waals surface area contributed by atoms with Gasteiger partial charge in [0.1, 0.15) is 0 Å². The van der Waals surface area contributed by atoms with E-state index in [1.807, 2.05) is 11.9 Å². The molecule has 0 aromatic carbocycles. The van der Waals surface area contributed by atoms with Gasteiger partial charge in [-0.2, -0.15) is 0 Å². The number of hydrogen-bond donors (Lipinski definition) is 1. The van der Waals surface area contributed by atoms with Crippen LogP contribution in [-0.4, -0.2) is 60.0 Å². The van der Waals surface area contributed by atoms with Gasteiger partial charge in [0.25, 0.3) is 0 Å². The Balaban J connectivity index is 1.90. The van der Waals surface area contributed by atoms with Crippen LogP contribution in [0.25, 0.3) is 0 Å². The van der Waals surface area contributed by atoms with Crippen LogP contribution >= 0.6 is 0 Å². The van der Waals surface area contributed by atoms with Crippen molar-refractivity contribution in [3.8, 4) is 0 Å². The van der Waals surface area contributed by atoms with E-state index in [4.69, 9.17) is 5.11 Å². The quantitative estimate of drug-likeness (QED) is 0.480. The second-order valence-electron chi connectivity index (χ2n) is 7.44. The molecule has 1 aliphatic rings. The molecule has 5 nitrogen and oxygen atoms in total. The fourth-order valence-electron chi connectivity index (χ4n) is 3.44. The molecule has 1 rings (SSSR count). The Labute approximate surface area is 153 Å². The highest BCUT2D eigenvalue weighted by atomic mass is 16.4. The Morgan fingerprint density at radius 2 is 1.44 bits per heavy atom. The maximum absolute atomic E-state index is 12.1. The number of carbonyl (C=O) groups excluding carboxylic acids is 1. The number of carboxylic acid groups (broad SMARTS) is 1. The number of aliphatic carboxylic acids is 1. The SMILES string of the molecule is CN(CCCCCCCC(=O)O)C(=O)CCCCCN1CCCCC1. The van der Waals surface area contributed by atoms with Gasteiger partial charge >= 0.3 is 5.97 Å². The number of carboxylic acids is 1. The number of likely N-dealkylation sites (tertiary alicyclic amines) is 1. The zero-order valence-corrected chi connectivity index (χ0v) is 16.2. The maximum atomic E-state index is 12.1. The van der Waals surface area contributed by atoms with Crippen LogP contribution in [0.3, 0.4) is 0 Å². The van der Waals surface area contributed by atoms with Crippen molar-refractivity contribution in [3.63, 3.8) is 0 Å². The Morgan fingerprint density at radius 1 is 0.840 bits per heavy atom. The number of rotatable bonds is 14. The Hall–Kier alpha value is -1.10. The van der Waals surface area contributed by atoms with E-state index in [1.165, 1.54) is 45.3 Å². The highest BCUT2D eigenvalue weighted by Gasteiger charge is 2.10. The number of hydrogen-bond acceptors (Lipinski definition) is 3. The number of amides is 1. The Morgan fingerprint density at radius 3 is 2.16 bits per heavy atom. The summed E-state index contributed by atoms with van der Waals surface area (Å²) in [7, 11) is 1.90. The van der Waals surface area contributed by atoms with Gasteiger partial charge in [0.2, 0.25) is 5.91 Å². The molecule has 0 aromatic heterocycles. The van der Waals surface area contributed by atoms with Gasteiger partial charge in [-0.15, -0.1) is 0 Å².